The number of nitro benzene ring substituents is 1. The summed E-state index contributed by atoms with van der Waals surface area (Å²) in [6.07, 6.45) is -0.313. The van der Waals surface area contributed by atoms with Crippen molar-refractivity contribution in [1.82, 2.24) is 5.32 Å². The van der Waals surface area contributed by atoms with E-state index in [9.17, 15) is 19.3 Å². The number of carbonyl (C=O) groups excluding carboxylic acids is 1. The third-order valence-corrected chi connectivity index (χ3v) is 2.91. The average molecular weight is 298 g/mol. The van der Waals surface area contributed by atoms with Crippen molar-refractivity contribution >= 4 is 11.6 Å². The van der Waals surface area contributed by atoms with Crippen molar-refractivity contribution in [2.75, 3.05) is 13.2 Å². The molecule has 8 heteroatoms. The zero-order chi connectivity index (χ0) is 15.6. The first-order valence-electron chi connectivity index (χ1n) is 6.32. The minimum Gasteiger partial charge on any atom is -0.349 e. The molecule has 21 heavy (non-hydrogen) atoms. The third-order valence-electron chi connectivity index (χ3n) is 2.91. The highest BCUT2D eigenvalue weighted by Gasteiger charge is 2.32. The highest BCUT2D eigenvalue weighted by molar-refractivity contribution is 5.94. The van der Waals surface area contributed by atoms with Gasteiger partial charge in [-0.1, -0.05) is 0 Å². The van der Waals surface area contributed by atoms with Gasteiger partial charge in [0.05, 0.1) is 17.6 Å². The standard InChI is InChI=1S/C13H15FN2O5/c1-13(2)20-7-11(21-13)6-15-12(17)8-3-9(14)5-10(4-8)16(18)19/h3-5,11H,6-7H2,1-2H3,(H,15,17). The normalized spacial score (nSPS) is 20.2. The quantitative estimate of drug-likeness (QED) is 0.673. The fourth-order valence-corrected chi connectivity index (χ4v) is 1.98. The van der Waals surface area contributed by atoms with E-state index in [-0.39, 0.29) is 18.2 Å². The van der Waals surface area contributed by atoms with Crippen molar-refractivity contribution < 1.29 is 23.6 Å². The van der Waals surface area contributed by atoms with Crippen LogP contribution in [0.2, 0.25) is 0 Å². The summed E-state index contributed by atoms with van der Waals surface area (Å²) in [5, 5.41) is 13.2. The fourth-order valence-electron chi connectivity index (χ4n) is 1.98. The smallest absolute Gasteiger partial charge is 0.273 e. The molecule has 7 nitrogen and oxygen atoms in total. The number of nitrogens with one attached hydrogen (secondary N) is 1. The number of nitro groups is 1. The third kappa shape index (κ3) is 3.96. The highest BCUT2D eigenvalue weighted by Crippen LogP contribution is 2.22. The minimum absolute atomic E-state index is 0.111. The molecule has 1 fully saturated rings. The molecule has 1 amide bonds. The maximum absolute atomic E-state index is 13.3. The van der Waals surface area contributed by atoms with E-state index in [4.69, 9.17) is 9.47 Å². The lowest BCUT2D eigenvalue weighted by Crippen LogP contribution is -2.34. The minimum atomic E-state index is -0.837. The lowest BCUT2D eigenvalue weighted by Gasteiger charge is -2.17. The highest BCUT2D eigenvalue weighted by atomic mass is 19.1. The molecule has 0 aliphatic carbocycles. The van der Waals surface area contributed by atoms with Crippen LogP contribution in [0, 0.1) is 15.9 Å². The SMILES string of the molecule is CC1(C)OCC(CNC(=O)c2cc(F)cc([N+](=O)[O-])c2)O1. The number of non-ortho nitro benzene ring substituents is 1. The van der Waals surface area contributed by atoms with Crippen LogP contribution in [0.3, 0.4) is 0 Å². The van der Waals surface area contributed by atoms with Crippen LogP contribution in [0.25, 0.3) is 0 Å². The fraction of sp³-hybridized carbons (Fsp3) is 0.462. The van der Waals surface area contributed by atoms with Gasteiger partial charge in [0.15, 0.2) is 5.79 Å². The second-order valence-corrected chi connectivity index (χ2v) is 5.12. The van der Waals surface area contributed by atoms with Crippen LogP contribution in [-0.2, 0) is 9.47 Å². The molecule has 1 unspecified atom stereocenters. The van der Waals surface area contributed by atoms with Crippen LogP contribution in [0.15, 0.2) is 18.2 Å². The van der Waals surface area contributed by atoms with Gasteiger partial charge in [-0.25, -0.2) is 4.39 Å². The van der Waals surface area contributed by atoms with Gasteiger partial charge in [0.1, 0.15) is 11.9 Å². The van der Waals surface area contributed by atoms with Gasteiger partial charge in [-0.15, -0.1) is 0 Å². The summed E-state index contributed by atoms with van der Waals surface area (Å²) in [5.74, 6) is -2.14. The van der Waals surface area contributed by atoms with Crippen molar-refractivity contribution in [2.45, 2.75) is 25.7 Å². The van der Waals surface area contributed by atoms with Gasteiger partial charge in [0, 0.05) is 18.2 Å². The molecule has 114 valence electrons. The van der Waals surface area contributed by atoms with Crippen molar-refractivity contribution in [2.24, 2.45) is 0 Å². The van der Waals surface area contributed by atoms with E-state index in [1.165, 1.54) is 0 Å². The van der Waals surface area contributed by atoms with E-state index in [0.29, 0.717) is 6.61 Å². The molecule has 1 aromatic carbocycles. The van der Waals surface area contributed by atoms with Gasteiger partial charge in [0.25, 0.3) is 11.6 Å². The molecular formula is C13H15FN2O5. The molecule has 1 aromatic rings. The summed E-state index contributed by atoms with van der Waals surface area (Å²) in [6, 6.07) is 2.72. The molecule has 1 aliphatic heterocycles. The number of nitrogens with zero attached hydrogens (tertiary/aromatic N) is 1. The van der Waals surface area contributed by atoms with E-state index in [0.717, 1.165) is 18.2 Å². The largest absolute Gasteiger partial charge is 0.349 e. The summed E-state index contributed by atoms with van der Waals surface area (Å²) in [7, 11) is 0. The van der Waals surface area contributed by atoms with Gasteiger partial charge < -0.3 is 14.8 Å². The van der Waals surface area contributed by atoms with E-state index in [2.05, 4.69) is 5.32 Å². The Hall–Kier alpha value is -2.06. The lowest BCUT2D eigenvalue weighted by molar-refractivity contribution is -0.385. The van der Waals surface area contributed by atoms with Gasteiger partial charge in [-0.2, -0.15) is 0 Å². The molecular weight excluding hydrogens is 283 g/mol. The van der Waals surface area contributed by atoms with E-state index in [1.807, 2.05) is 0 Å². The van der Waals surface area contributed by atoms with E-state index in [1.54, 1.807) is 13.8 Å². The Balaban J connectivity index is 1.99. The Bertz CT molecular complexity index is 576. The predicted octanol–water partition coefficient (Wildman–Crippen LogP) is 1.62. The van der Waals surface area contributed by atoms with Crippen LogP contribution in [0.4, 0.5) is 10.1 Å². The van der Waals surface area contributed by atoms with Crippen molar-refractivity contribution in [1.29, 1.82) is 0 Å². The van der Waals surface area contributed by atoms with Crippen LogP contribution < -0.4 is 5.32 Å². The first-order valence-corrected chi connectivity index (χ1v) is 6.32. The molecule has 0 bridgehead atoms. The number of hydrogen-bond acceptors (Lipinski definition) is 5. The van der Waals surface area contributed by atoms with Crippen LogP contribution >= 0.6 is 0 Å². The summed E-state index contributed by atoms with van der Waals surface area (Å²) >= 11 is 0. The molecule has 0 spiro atoms. The Morgan fingerprint density at radius 3 is 2.81 bits per heavy atom. The molecule has 0 saturated carbocycles. The Morgan fingerprint density at radius 2 is 2.24 bits per heavy atom. The number of halogens is 1. The molecule has 0 radical (unpaired) electrons. The van der Waals surface area contributed by atoms with Crippen molar-refractivity contribution in [3.05, 3.63) is 39.7 Å². The topological polar surface area (TPSA) is 90.7 Å². The van der Waals surface area contributed by atoms with Gasteiger partial charge >= 0.3 is 0 Å². The van der Waals surface area contributed by atoms with E-state index >= 15 is 0 Å². The summed E-state index contributed by atoms with van der Waals surface area (Å²) in [5.41, 5.74) is -0.582. The first kappa shape index (κ1) is 15.3. The maximum Gasteiger partial charge on any atom is 0.273 e. The average Bonchev–Trinajstić information content (AvgIpc) is 2.74. The number of hydrogen-bond donors (Lipinski definition) is 1. The van der Waals surface area contributed by atoms with E-state index < -0.39 is 28.1 Å². The predicted molar refractivity (Wildman–Crippen MR) is 70.3 cm³/mol. The molecule has 1 aliphatic rings. The lowest BCUT2D eigenvalue weighted by atomic mass is 10.2. The number of rotatable bonds is 4. The zero-order valence-electron chi connectivity index (χ0n) is 11.6. The molecule has 1 N–H and O–H groups in total. The number of benzene rings is 1. The summed E-state index contributed by atoms with van der Waals surface area (Å²) < 4.78 is 24.1. The monoisotopic (exact) mass is 298 g/mol. The first-order chi connectivity index (χ1) is 9.77. The number of ether oxygens (including phenoxy) is 2. The van der Waals surface area contributed by atoms with Crippen LogP contribution in [0.1, 0.15) is 24.2 Å². The maximum atomic E-state index is 13.3. The molecule has 1 heterocycles. The Labute approximate surface area is 120 Å². The van der Waals surface area contributed by atoms with Crippen LogP contribution in [0.5, 0.6) is 0 Å². The summed E-state index contributed by atoms with van der Waals surface area (Å²) in [4.78, 5) is 21.8. The molecule has 0 aromatic heterocycles. The Kier molecular flexibility index (Phi) is 4.19. The molecule has 1 saturated heterocycles. The van der Waals surface area contributed by atoms with Gasteiger partial charge in [-0.3, -0.25) is 14.9 Å². The van der Waals surface area contributed by atoms with Crippen molar-refractivity contribution in [3.63, 3.8) is 0 Å². The zero-order valence-corrected chi connectivity index (χ0v) is 11.6. The van der Waals surface area contributed by atoms with Crippen LogP contribution in [-0.4, -0.2) is 35.9 Å². The van der Waals surface area contributed by atoms with Crippen molar-refractivity contribution in [3.8, 4) is 0 Å². The second kappa shape index (κ2) is 5.74. The summed E-state index contributed by atoms with van der Waals surface area (Å²) in [6.45, 7) is 4.01. The number of amides is 1. The van der Waals surface area contributed by atoms with Gasteiger partial charge in [-0.05, 0) is 19.9 Å². The number of carbonyl (C=O) groups is 1. The molecule has 2 rings (SSSR count). The van der Waals surface area contributed by atoms with Gasteiger partial charge in [0.2, 0.25) is 0 Å². The molecule has 1 atom stereocenters. The Morgan fingerprint density at radius 1 is 1.52 bits per heavy atom. The second-order valence-electron chi connectivity index (χ2n) is 5.12.